The molecular weight excluding hydrogens is 639 g/mol. The molecule has 0 bridgehead atoms. The standard InChI is InChI=1S/C47H27N3S/c1-2-12-28(13-3-1)29-22-23-31-27-32(25-24-30(31)26-29)44-36-17-7-10-20-39(36)49-47(50-44)45-42-33-14-4-5-15-34(33)46-43(37-18-8-11-21-40(37)51-46)41(42)35-16-6-9-19-38(35)48-45/h1-27H. The Kier molecular flexibility index (Phi) is 6.12. The first-order valence-electron chi connectivity index (χ1n) is 17.2. The van der Waals surface area contributed by atoms with Gasteiger partial charge in [-0.3, -0.25) is 0 Å². The Bertz CT molecular complexity index is 3200. The van der Waals surface area contributed by atoms with Crippen LogP contribution in [0.4, 0.5) is 0 Å². The van der Waals surface area contributed by atoms with E-state index < -0.39 is 0 Å². The Morgan fingerprint density at radius 2 is 0.961 bits per heavy atom. The van der Waals surface area contributed by atoms with Crippen LogP contribution in [0, 0.1) is 0 Å². The minimum Gasteiger partial charge on any atom is -0.244 e. The quantitative estimate of drug-likeness (QED) is 0.176. The first-order chi connectivity index (χ1) is 25.3. The lowest BCUT2D eigenvalue weighted by Crippen LogP contribution is -1.99. The molecule has 0 spiro atoms. The summed E-state index contributed by atoms with van der Waals surface area (Å²) in [5.74, 6) is 0.628. The summed E-state index contributed by atoms with van der Waals surface area (Å²) < 4.78 is 2.58. The van der Waals surface area contributed by atoms with Crippen LogP contribution in [0.3, 0.4) is 0 Å². The fourth-order valence-electron chi connectivity index (χ4n) is 7.88. The summed E-state index contributed by atoms with van der Waals surface area (Å²) in [5.41, 5.74) is 7.01. The molecule has 0 aliphatic carbocycles. The number of nitrogens with zero attached hydrogens (tertiary/aromatic N) is 3. The third-order valence-electron chi connectivity index (χ3n) is 10.2. The van der Waals surface area contributed by atoms with Crippen molar-refractivity contribution < 1.29 is 0 Å². The van der Waals surface area contributed by atoms with Crippen LogP contribution >= 0.6 is 11.3 Å². The topological polar surface area (TPSA) is 38.7 Å². The van der Waals surface area contributed by atoms with Crippen LogP contribution in [-0.4, -0.2) is 15.0 Å². The Morgan fingerprint density at radius 3 is 1.76 bits per heavy atom. The van der Waals surface area contributed by atoms with Crippen LogP contribution in [-0.2, 0) is 0 Å². The number of aromatic nitrogens is 3. The fraction of sp³-hybridized carbons (Fsp3) is 0. The highest BCUT2D eigenvalue weighted by Crippen LogP contribution is 2.48. The average Bonchev–Trinajstić information content (AvgIpc) is 3.60. The second-order valence-corrected chi connectivity index (χ2v) is 14.2. The summed E-state index contributed by atoms with van der Waals surface area (Å²) in [4.78, 5) is 16.1. The van der Waals surface area contributed by atoms with E-state index in [0.717, 1.165) is 49.5 Å². The van der Waals surface area contributed by atoms with Gasteiger partial charge in [0.2, 0.25) is 0 Å². The molecule has 3 nitrogen and oxygen atoms in total. The van der Waals surface area contributed by atoms with E-state index in [9.17, 15) is 0 Å². The SMILES string of the molecule is c1ccc(-c2ccc3cc(-c4nc(-c5nc6ccccc6c6c5c5ccccc5c5sc7ccccc7c56)nc5ccccc45)ccc3c2)cc1. The van der Waals surface area contributed by atoms with Crippen molar-refractivity contribution in [3.8, 4) is 33.9 Å². The number of hydrogen-bond acceptors (Lipinski definition) is 4. The van der Waals surface area contributed by atoms with Gasteiger partial charge in [-0.2, -0.15) is 0 Å². The number of para-hydroxylation sites is 2. The van der Waals surface area contributed by atoms with Gasteiger partial charge in [-0.25, -0.2) is 15.0 Å². The normalized spacial score (nSPS) is 11.9. The summed E-state index contributed by atoms with van der Waals surface area (Å²) in [6, 6.07) is 58.2. The van der Waals surface area contributed by atoms with E-state index >= 15 is 0 Å². The maximum atomic E-state index is 5.44. The van der Waals surface area contributed by atoms with Crippen LogP contribution in [0.15, 0.2) is 164 Å². The Labute approximate surface area is 297 Å². The third-order valence-corrected chi connectivity index (χ3v) is 11.4. The van der Waals surface area contributed by atoms with Crippen LogP contribution < -0.4 is 0 Å². The Morgan fingerprint density at radius 1 is 0.353 bits per heavy atom. The number of hydrogen-bond donors (Lipinski definition) is 0. The Hall–Kier alpha value is -6.49. The summed E-state index contributed by atoms with van der Waals surface area (Å²) in [5, 5.41) is 11.7. The number of rotatable bonds is 3. The van der Waals surface area contributed by atoms with Crippen molar-refractivity contribution in [2.45, 2.75) is 0 Å². The molecule has 0 amide bonds. The lowest BCUT2D eigenvalue weighted by molar-refractivity contribution is 1.20. The van der Waals surface area contributed by atoms with Crippen molar-refractivity contribution >= 4 is 85.6 Å². The summed E-state index contributed by atoms with van der Waals surface area (Å²) in [6.07, 6.45) is 0. The molecule has 0 unspecified atom stereocenters. The van der Waals surface area contributed by atoms with Crippen molar-refractivity contribution in [3.63, 3.8) is 0 Å². The highest BCUT2D eigenvalue weighted by Gasteiger charge is 2.22. The molecule has 8 aromatic carbocycles. The molecule has 0 saturated heterocycles. The maximum Gasteiger partial charge on any atom is 0.180 e. The lowest BCUT2D eigenvalue weighted by atomic mass is 9.93. The molecule has 0 atom stereocenters. The minimum atomic E-state index is 0.628. The van der Waals surface area contributed by atoms with Gasteiger partial charge in [0, 0.05) is 52.7 Å². The molecule has 11 rings (SSSR count). The zero-order valence-electron chi connectivity index (χ0n) is 27.3. The van der Waals surface area contributed by atoms with Gasteiger partial charge < -0.3 is 0 Å². The number of thiophene rings is 1. The molecule has 0 fully saturated rings. The molecule has 3 aromatic heterocycles. The van der Waals surface area contributed by atoms with Gasteiger partial charge in [0.15, 0.2) is 5.82 Å². The zero-order valence-corrected chi connectivity index (χ0v) is 28.2. The zero-order chi connectivity index (χ0) is 33.5. The molecule has 0 saturated carbocycles. The van der Waals surface area contributed by atoms with Gasteiger partial charge >= 0.3 is 0 Å². The first kappa shape index (κ1) is 28.4. The molecule has 3 heterocycles. The van der Waals surface area contributed by atoms with E-state index in [2.05, 4.69) is 164 Å². The van der Waals surface area contributed by atoms with Crippen LogP contribution in [0.25, 0.3) is 108 Å². The number of fused-ring (bicyclic) bond motifs is 12. The van der Waals surface area contributed by atoms with Crippen LogP contribution in [0.1, 0.15) is 0 Å². The van der Waals surface area contributed by atoms with Crippen molar-refractivity contribution in [3.05, 3.63) is 164 Å². The lowest BCUT2D eigenvalue weighted by Gasteiger charge is -2.15. The third kappa shape index (κ3) is 4.33. The summed E-state index contributed by atoms with van der Waals surface area (Å²) >= 11 is 1.87. The van der Waals surface area contributed by atoms with Crippen molar-refractivity contribution in [2.24, 2.45) is 0 Å². The predicted octanol–water partition coefficient (Wildman–Crippen LogP) is 13.0. The summed E-state index contributed by atoms with van der Waals surface area (Å²) in [7, 11) is 0. The first-order valence-corrected chi connectivity index (χ1v) is 18.0. The molecular formula is C47H27N3S. The van der Waals surface area contributed by atoms with E-state index in [1.54, 1.807) is 0 Å². The fourth-order valence-corrected chi connectivity index (χ4v) is 9.13. The average molecular weight is 666 g/mol. The van der Waals surface area contributed by atoms with Crippen molar-refractivity contribution in [2.75, 3.05) is 0 Å². The highest BCUT2D eigenvalue weighted by atomic mass is 32.1. The van der Waals surface area contributed by atoms with E-state index in [1.807, 2.05) is 11.3 Å². The van der Waals surface area contributed by atoms with Gasteiger partial charge in [0.05, 0.1) is 16.7 Å². The van der Waals surface area contributed by atoms with E-state index in [-0.39, 0.29) is 0 Å². The highest BCUT2D eigenvalue weighted by molar-refractivity contribution is 7.27. The van der Waals surface area contributed by atoms with Crippen molar-refractivity contribution in [1.29, 1.82) is 0 Å². The molecule has 51 heavy (non-hydrogen) atoms. The second kappa shape index (κ2) is 11.0. The molecule has 236 valence electrons. The van der Waals surface area contributed by atoms with Gasteiger partial charge in [-0.1, -0.05) is 133 Å². The second-order valence-electron chi connectivity index (χ2n) is 13.1. The van der Waals surface area contributed by atoms with E-state index in [4.69, 9.17) is 15.0 Å². The Balaban J connectivity index is 1.22. The van der Waals surface area contributed by atoms with Crippen LogP contribution in [0.5, 0.6) is 0 Å². The number of benzene rings is 8. The van der Waals surface area contributed by atoms with Crippen LogP contribution in [0.2, 0.25) is 0 Å². The van der Waals surface area contributed by atoms with E-state index in [1.165, 1.54) is 52.8 Å². The molecule has 0 radical (unpaired) electrons. The molecule has 4 heteroatoms. The monoisotopic (exact) mass is 665 g/mol. The van der Waals surface area contributed by atoms with Gasteiger partial charge in [-0.15, -0.1) is 11.3 Å². The minimum absolute atomic E-state index is 0.628. The van der Waals surface area contributed by atoms with Gasteiger partial charge in [0.1, 0.15) is 5.69 Å². The molecule has 11 aromatic rings. The number of pyridine rings is 1. The van der Waals surface area contributed by atoms with Gasteiger partial charge in [0.25, 0.3) is 0 Å². The summed E-state index contributed by atoms with van der Waals surface area (Å²) in [6.45, 7) is 0. The predicted molar refractivity (Wildman–Crippen MR) is 217 cm³/mol. The largest absolute Gasteiger partial charge is 0.244 e. The molecule has 0 aliphatic heterocycles. The maximum absolute atomic E-state index is 5.44. The molecule has 0 N–H and O–H groups in total. The molecule has 0 aliphatic rings. The van der Waals surface area contributed by atoms with Crippen molar-refractivity contribution in [1.82, 2.24) is 15.0 Å². The van der Waals surface area contributed by atoms with Gasteiger partial charge in [-0.05, 0) is 57.6 Å². The van der Waals surface area contributed by atoms with E-state index in [0.29, 0.717) is 5.82 Å². The smallest absolute Gasteiger partial charge is 0.180 e.